The lowest BCUT2D eigenvalue weighted by Crippen LogP contribution is -2.29. The second-order valence-corrected chi connectivity index (χ2v) is 7.73. The molecule has 0 aliphatic heterocycles. The fourth-order valence-corrected chi connectivity index (χ4v) is 3.56. The van der Waals surface area contributed by atoms with Crippen molar-refractivity contribution in [3.05, 3.63) is 24.3 Å². The van der Waals surface area contributed by atoms with Gasteiger partial charge in [0, 0.05) is 0 Å². The third-order valence-corrected chi connectivity index (χ3v) is 5.31. The highest BCUT2D eigenvalue weighted by Crippen LogP contribution is 2.35. The van der Waals surface area contributed by atoms with Crippen molar-refractivity contribution in [2.24, 2.45) is 23.7 Å². The Morgan fingerprint density at radius 3 is 2.30 bits per heavy atom. The molecule has 0 spiro atoms. The largest absolute Gasteiger partial charge is 0.390 e. The van der Waals surface area contributed by atoms with Gasteiger partial charge in [0.05, 0.1) is 5.60 Å². The fraction of sp³-hybridized carbons (Fsp3) is 0.789. The molecule has 116 valence electrons. The van der Waals surface area contributed by atoms with Gasteiger partial charge < -0.3 is 5.11 Å². The number of allylic oxidation sites excluding steroid dienone is 2. The van der Waals surface area contributed by atoms with Gasteiger partial charge >= 0.3 is 0 Å². The Labute approximate surface area is 126 Å². The summed E-state index contributed by atoms with van der Waals surface area (Å²) in [6.45, 7) is 19.7. The van der Waals surface area contributed by atoms with E-state index in [1.54, 1.807) is 0 Å². The van der Waals surface area contributed by atoms with E-state index in [1.807, 2.05) is 6.92 Å². The van der Waals surface area contributed by atoms with Crippen LogP contribution in [0, 0.1) is 23.7 Å². The molecule has 5 atom stereocenters. The Hall–Kier alpha value is -0.560. The minimum Gasteiger partial charge on any atom is -0.390 e. The van der Waals surface area contributed by atoms with Gasteiger partial charge in [0.15, 0.2) is 0 Å². The van der Waals surface area contributed by atoms with Gasteiger partial charge in [-0.1, -0.05) is 52.0 Å². The molecule has 1 N–H and O–H groups in total. The quantitative estimate of drug-likeness (QED) is 0.591. The van der Waals surface area contributed by atoms with Gasteiger partial charge in [0.25, 0.3) is 0 Å². The maximum Gasteiger partial charge on any atom is 0.0625 e. The average molecular weight is 278 g/mol. The predicted octanol–water partition coefficient (Wildman–Crippen LogP) is 5.36. The fourth-order valence-electron chi connectivity index (χ4n) is 3.56. The Morgan fingerprint density at radius 2 is 1.70 bits per heavy atom. The van der Waals surface area contributed by atoms with Crippen LogP contribution in [0.1, 0.15) is 66.7 Å². The maximum atomic E-state index is 10.6. The molecule has 0 radical (unpaired) electrons. The molecular formula is C19H34O. The molecule has 0 aromatic heterocycles. The van der Waals surface area contributed by atoms with E-state index in [0.29, 0.717) is 23.7 Å². The maximum absolute atomic E-state index is 10.6. The molecule has 1 heteroatoms. The molecule has 1 aliphatic rings. The third-order valence-electron chi connectivity index (χ3n) is 5.31. The van der Waals surface area contributed by atoms with Crippen molar-refractivity contribution < 1.29 is 5.11 Å². The van der Waals surface area contributed by atoms with Crippen LogP contribution in [0.5, 0.6) is 0 Å². The van der Waals surface area contributed by atoms with Crippen LogP contribution in [-0.4, -0.2) is 10.7 Å². The molecule has 1 nitrogen and oxygen atoms in total. The molecule has 0 saturated heterocycles. The Balaban J connectivity index is 2.88. The van der Waals surface area contributed by atoms with E-state index in [1.165, 1.54) is 11.1 Å². The number of aliphatic hydroxyl groups is 1. The summed E-state index contributed by atoms with van der Waals surface area (Å²) in [5.74, 6) is 2.18. The van der Waals surface area contributed by atoms with Crippen LogP contribution in [0.25, 0.3) is 0 Å². The first-order chi connectivity index (χ1) is 9.12. The average Bonchev–Trinajstić information content (AvgIpc) is 2.32. The Morgan fingerprint density at radius 1 is 1.10 bits per heavy atom. The standard InChI is InChI=1S/C19H34O/c1-13-10-15(3)16(4)11-17(5)18(6)14(2)8-9-19(7,20)12-13/h13,15,17-18,20H,2,4,8-12H2,1,3,5-7H3. The smallest absolute Gasteiger partial charge is 0.0625 e. The van der Waals surface area contributed by atoms with Gasteiger partial charge in [-0.3, -0.25) is 0 Å². The molecule has 0 heterocycles. The van der Waals surface area contributed by atoms with Crippen LogP contribution in [0.3, 0.4) is 0 Å². The monoisotopic (exact) mass is 278 g/mol. The van der Waals surface area contributed by atoms with Gasteiger partial charge in [-0.05, 0) is 62.7 Å². The van der Waals surface area contributed by atoms with E-state index < -0.39 is 5.60 Å². The first-order valence-electron chi connectivity index (χ1n) is 8.20. The third kappa shape index (κ3) is 5.09. The lowest BCUT2D eigenvalue weighted by molar-refractivity contribution is 0.0244. The van der Waals surface area contributed by atoms with Crippen molar-refractivity contribution in [1.82, 2.24) is 0 Å². The van der Waals surface area contributed by atoms with Crippen molar-refractivity contribution in [2.45, 2.75) is 72.3 Å². The van der Waals surface area contributed by atoms with E-state index in [4.69, 9.17) is 0 Å². The van der Waals surface area contributed by atoms with E-state index in [-0.39, 0.29) is 0 Å². The molecule has 1 saturated carbocycles. The minimum absolute atomic E-state index is 0.506. The summed E-state index contributed by atoms with van der Waals surface area (Å²) in [6, 6.07) is 0. The SMILES string of the molecule is C=C1CC(C)C(C)C(=C)CCC(C)(O)CC(C)CC1C. The predicted molar refractivity (Wildman–Crippen MR) is 88.6 cm³/mol. The first-order valence-corrected chi connectivity index (χ1v) is 8.20. The van der Waals surface area contributed by atoms with Crippen LogP contribution in [-0.2, 0) is 0 Å². The van der Waals surface area contributed by atoms with Crippen molar-refractivity contribution in [2.75, 3.05) is 0 Å². The van der Waals surface area contributed by atoms with E-state index in [9.17, 15) is 5.11 Å². The lowest BCUT2D eigenvalue weighted by Gasteiger charge is -2.32. The Bertz CT molecular complexity index is 351. The van der Waals surface area contributed by atoms with Crippen LogP contribution < -0.4 is 0 Å². The van der Waals surface area contributed by atoms with Gasteiger partial charge in [-0.15, -0.1) is 0 Å². The highest BCUT2D eigenvalue weighted by Gasteiger charge is 2.27. The highest BCUT2D eigenvalue weighted by atomic mass is 16.3. The molecule has 0 bridgehead atoms. The van der Waals surface area contributed by atoms with E-state index in [2.05, 4.69) is 40.9 Å². The zero-order valence-electron chi connectivity index (χ0n) is 14.2. The van der Waals surface area contributed by atoms with Crippen LogP contribution >= 0.6 is 0 Å². The van der Waals surface area contributed by atoms with Crippen LogP contribution in [0.4, 0.5) is 0 Å². The Kier molecular flexibility index (Phi) is 6.06. The normalized spacial score (nSPS) is 41.9. The molecule has 0 aromatic rings. The minimum atomic E-state index is -0.564. The van der Waals surface area contributed by atoms with Gasteiger partial charge in [0.2, 0.25) is 0 Å². The van der Waals surface area contributed by atoms with Gasteiger partial charge in [0.1, 0.15) is 0 Å². The summed E-state index contributed by atoms with van der Waals surface area (Å²) in [4.78, 5) is 0. The zero-order valence-corrected chi connectivity index (χ0v) is 14.2. The van der Waals surface area contributed by atoms with Crippen molar-refractivity contribution in [1.29, 1.82) is 0 Å². The van der Waals surface area contributed by atoms with E-state index >= 15 is 0 Å². The topological polar surface area (TPSA) is 20.2 Å². The highest BCUT2D eigenvalue weighted by molar-refractivity contribution is 5.07. The second-order valence-electron chi connectivity index (χ2n) is 7.73. The van der Waals surface area contributed by atoms with Crippen molar-refractivity contribution in [3.8, 4) is 0 Å². The molecular weight excluding hydrogens is 244 g/mol. The summed E-state index contributed by atoms with van der Waals surface area (Å²) >= 11 is 0. The number of hydrogen-bond donors (Lipinski definition) is 1. The second kappa shape index (κ2) is 6.93. The zero-order chi connectivity index (χ0) is 15.5. The molecule has 0 aromatic carbocycles. The van der Waals surface area contributed by atoms with Crippen LogP contribution in [0.2, 0.25) is 0 Å². The van der Waals surface area contributed by atoms with E-state index in [0.717, 1.165) is 32.1 Å². The molecule has 1 fully saturated rings. The summed E-state index contributed by atoms with van der Waals surface area (Å²) in [5.41, 5.74) is 2.08. The molecule has 0 amide bonds. The summed E-state index contributed by atoms with van der Waals surface area (Å²) in [6.07, 6.45) is 4.89. The van der Waals surface area contributed by atoms with Crippen molar-refractivity contribution in [3.63, 3.8) is 0 Å². The first kappa shape index (κ1) is 17.5. The van der Waals surface area contributed by atoms with Crippen molar-refractivity contribution >= 4 is 0 Å². The molecule has 20 heavy (non-hydrogen) atoms. The lowest BCUT2D eigenvalue weighted by atomic mass is 9.76. The summed E-state index contributed by atoms with van der Waals surface area (Å²) < 4.78 is 0. The van der Waals surface area contributed by atoms with Gasteiger partial charge in [-0.2, -0.15) is 0 Å². The number of hydrogen-bond acceptors (Lipinski definition) is 1. The van der Waals surface area contributed by atoms with Crippen LogP contribution in [0.15, 0.2) is 24.3 Å². The molecule has 1 rings (SSSR count). The summed E-state index contributed by atoms with van der Waals surface area (Å²) in [7, 11) is 0. The number of rotatable bonds is 0. The molecule has 1 aliphatic carbocycles. The van der Waals surface area contributed by atoms with Gasteiger partial charge in [-0.25, -0.2) is 0 Å². The summed E-state index contributed by atoms with van der Waals surface area (Å²) in [5, 5.41) is 10.6. The molecule has 5 unspecified atom stereocenters.